The Labute approximate surface area is 85.7 Å². The van der Waals surface area contributed by atoms with Crippen LogP contribution in [0.2, 0.25) is 0 Å². The van der Waals surface area contributed by atoms with Gasteiger partial charge in [0.05, 0.1) is 0 Å². The van der Waals surface area contributed by atoms with E-state index in [0.29, 0.717) is 0 Å². The molecule has 0 saturated carbocycles. The Morgan fingerprint density at radius 1 is 0.909 bits per heavy atom. The monoisotopic (exact) mass is 361 g/mol. The van der Waals surface area contributed by atoms with E-state index in [0.717, 1.165) is 10.0 Å². The van der Waals surface area contributed by atoms with Crippen molar-refractivity contribution in [3.05, 3.63) is 23.2 Å². The van der Waals surface area contributed by atoms with E-state index in [1.807, 2.05) is 10.8 Å². The third kappa shape index (κ3) is 1.93. The van der Waals surface area contributed by atoms with Crippen LogP contribution in [0.1, 0.15) is 0 Å². The van der Waals surface area contributed by atoms with Crippen molar-refractivity contribution in [3.63, 3.8) is 0 Å². The average molecular weight is 360 g/mol. The average Bonchev–Trinajstić information content (AvgIpc) is 2.59. The van der Waals surface area contributed by atoms with E-state index in [1.165, 1.54) is 0 Å². The molecule has 0 aromatic carbocycles. The molecule has 2 rings (SSSR count). The smallest absolute Gasteiger partial charge is 0.152 e. The van der Waals surface area contributed by atoms with Gasteiger partial charge in [0.15, 0.2) is 10.0 Å². The van der Waals surface area contributed by atoms with Crippen LogP contribution in [0.4, 0.5) is 0 Å². The molecule has 0 aliphatic heterocycles. The molecule has 0 fully saturated rings. The van der Waals surface area contributed by atoms with Gasteiger partial charge in [-0.3, -0.25) is 0 Å². The third-order valence-electron chi connectivity index (χ3n) is 1.05. The minimum atomic E-state index is 0. The number of hydrogen-bond acceptors (Lipinski definition) is 4. The second kappa shape index (κ2) is 4.07. The van der Waals surface area contributed by atoms with Gasteiger partial charge in [-0.2, -0.15) is 0 Å². The zero-order valence-corrected chi connectivity index (χ0v) is 9.38. The quantitative estimate of drug-likeness (QED) is 0.780. The molecule has 1 radical (unpaired) electrons. The van der Waals surface area contributed by atoms with Gasteiger partial charge in [0.1, 0.15) is 0 Å². The summed E-state index contributed by atoms with van der Waals surface area (Å²) in [7, 11) is 0. The minimum Gasteiger partial charge on any atom is -0.242 e. The van der Waals surface area contributed by atoms with E-state index >= 15 is 0 Å². The Bertz CT molecular complexity index is 258. The van der Waals surface area contributed by atoms with Gasteiger partial charge in [0.2, 0.25) is 0 Å². The fraction of sp³-hybridized carbons (Fsp3) is 0. The van der Waals surface area contributed by atoms with Crippen molar-refractivity contribution >= 4 is 22.7 Å². The largest absolute Gasteiger partial charge is 0.242 e. The van der Waals surface area contributed by atoms with Crippen LogP contribution in [0.5, 0.6) is 0 Å². The van der Waals surface area contributed by atoms with E-state index in [1.54, 1.807) is 35.1 Å². The minimum absolute atomic E-state index is 0. The van der Waals surface area contributed by atoms with E-state index in [9.17, 15) is 0 Å². The first-order valence-corrected chi connectivity index (χ1v) is 4.52. The summed E-state index contributed by atoms with van der Waals surface area (Å²) in [4.78, 5) is 8.25. The fourth-order valence-electron chi connectivity index (χ4n) is 0.658. The van der Waals surface area contributed by atoms with Crippen molar-refractivity contribution in [1.82, 2.24) is 9.97 Å². The van der Waals surface area contributed by atoms with Crippen molar-refractivity contribution in [2.24, 2.45) is 0 Å². The molecule has 59 valence electrons. The normalized spacial score (nSPS) is 9.09. The Morgan fingerprint density at radius 3 is 1.64 bits per heavy atom. The van der Waals surface area contributed by atoms with Gasteiger partial charge >= 0.3 is 0 Å². The van der Waals surface area contributed by atoms with Crippen LogP contribution >= 0.6 is 22.7 Å². The summed E-state index contributed by atoms with van der Waals surface area (Å²) in [6.07, 6.45) is 3.59. The van der Waals surface area contributed by atoms with Crippen molar-refractivity contribution in [3.8, 4) is 10.0 Å². The molecule has 2 heterocycles. The molecule has 0 bridgehead atoms. The van der Waals surface area contributed by atoms with E-state index in [4.69, 9.17) is 0 Å². The van der Waals surface area contributed by atoms with Crippen LogP contribution < -0.4 is 0 Å². The van der Waals surface area contributed by atoms with E-state index in [-0.39, 0.29) is 20.1 Å². The summed E-state index contributed by atoms with van der Waals surface area (Å²) in [5, 5.41) is 5.93. The van der Waals surface area contributed by atoms with E-state index < -0.39 is 0 Å². The first-order chi connectivity index (χ1) is 4.97. The second-order valence-electron chi connectivity index (χ2n) is 1.67. The van der Waals surface area contributed by atoms with E-state index in [2.05, 4.69) is 9.97 Å². The fourth-order valence-corrected chi connectivity index (χ4v) is 2.00. The molecule has 2 nitrogen and oxygen atoms in total. The summed E-state index contributed by atoms with van der Waals surface area (Å²) in [5.41, 5.74) is 0. The zero-order chi connectivity index (χ0) is 6.81. The molecule has 5 heteroatoms. The second-order valence-corrected chi connectivity index (χ2v) is 3.46. The molecule has 2 aromatic rings. The SMILES string of the molecule is [Ir].c1csc(-c2nccs2)n1. The van der Waals surface area contributed by atoms with Gasteiger partial charge in [0.25, 0.3) is 0 Å². The van der Waals surface area contributed by atoms with Crippen LogP contribution in [-0.4, -0.2) is 9.97 Å². The van der Waals surface area contributed by atoms with Gasteiger partial charge < -0.3 is 0 Å². The molecule has 0 unspecified atom stereocenters. The molecule has 0 atom stereocenters. The molecule has 0 saturated heterocycles. The van der Waals surface area contributed by atoms with Crippen LogP contribution in [0.25, 0.3) is 10.0 Å². The summed E-state index contributed by atoms with van der Waals surface area (Å²) in [6, 6.07) is 0. The Balaban J connectivity index is 0.000000605. The van der Waals surface area contributed by atoms with Gasteiger partial charge in [0, 0.05) is 43.3 Å². The molecule has 0 aliphatic carbocycles. The summed E-state index contributed by atoms with van der Waals surface area (Å²) < 4.78 is 0. The molecule has 2 aromatic heterocycles. The molecule has 0 N–H and O–H groups in total. The van der Waals surface area contributed by atoms with Gasteiger partial charge in [-0.1, -0.05) is 0 Å². The van der Waals surface area contributed by atoms with Crippen molar-refractivity contribution < 1.29 is 20.1 Å². The topological polar surface area (TPSA) is 25.8 Å². The van der Waals surface area contributed by atoms with Crippen LogP contribution in [0, 0.1) is 0 Å². The zero-order valence-electron chi connectivity index (χ0n) is 5.35. The predicted molar refractivity (Wildman–Crippen MR) is 43.2 cm³/mol. The number of aromatic nitrogens is 2. The Kier molecular flexibility index (Phi) is 3.33. The maximum absolute atomic E-state index is 4.13. The van der Waals surface area contributed by atoms with Gasteiger partial charge in [-0.15, -0.1) is 22.7 Å². The van der Waals surface area contributed by atoms with Crippen molar-refractivity contribution in [2.75, 3.05) is 0 Å². The Morgan fingerprint density at radius 2 is 1.36 bits per heavy atom. The Hall–Kier alpha value is -0.0906. The third-order valence-corrected chi connectivity index (χ3v) is 2.74. The van der Waals surface area contributed by atoms with Crippen molar-refractivity contribution in [1.29, 1.82) is 0 Å². The number of hydrogen-bond donors (Lipinski definition) is 0. The predicted octanol–water partition coefficient (Wildman–Crippen LogP) is 2.26. The van der Waals surface area contributed by atoms with Gasteiger partial charge in [-0.25, -0.2) is 9.97 Å². The maximum atomic E-state index is 4.13. The molecule has 11 heavy (non-hydrogen) atoms. The molecular formula is C6H4IrN2S2. The summed E-state index contributed by atoms with van der Waals surface area (Å²) in [6.45, 7) is 0. The number of thiazole rings is 2. The molecule has 0 amide bonds. The standard InChI is InChI=1S/C6H4N2S2.Ir/c1-3-9-5(7-1)6-8-2-4-10-6;/h1-4H;. The van der Waals surface area contributed by atoms with Crippen LogP contribution in [-0.2, 0) is 20.1 Å². The number of nitrogens with zero attached hydrogens (tertiary/aromatic N) is 2. The first kappa shape index (κ1) is 9.00. The molecule has 0 aliphatic rings. The van der Waals surface area contributed by atoms with Crippen molar-refractivity contribution in [2.45, 2.75) is 0 Å². The molecule has 0 spiro atoms. The van der Waals surface area contributed by atoms with Crippen LogP contribution in [0.15, 0.2) is 23.2 Å². The number of rotatable bonds is 1. The van der Waals surface area contributed by atoms with Crippen LogP contribution in [0.3, 0.4) is 0 Å². The first-order valence-electron chi connectivity index (χ1n) is 2.76. The molecular weight excluding hydrogens is 356 g/mol. The summed E-state index contributed by atoms with van der Waals surface area (Å²) >= 11 is 3.23. The van der Waals surface area contributed by atoms with Gasteiger partial charge in [-0.05, 0) is 0 Å². The maximum Gasteiger partial charge on any atom is 0.152 e. The summed E-state index contributed by atoms with van der Waals surface area (Å²) in [5.74, 6) is 0.